The summed E-state index contributed by atoms with van der Waals surface area (Å²) in [7, 11) is 0. The van der Waals surface area contributed by atoms with Crippen LogP contribution in [0.5, 0.6) is 5.75 Å². The molecule has 0 bridgehead atoms. The van der Waals surface area contributed by atoms with Crippen molar-refractivity contribution in [3.8, 4) is 17.1 Å². The third kappa shape index (κ3) is 5.84. The van der Waals surface area contributed by atoms with Crippen molar-refractivity contribution in [2.45, 2.75) is 46.8 Å². The lowest BCUT2D eigenvalue weighted by Crippen LogP contribution is -2.24. The molecule has 142 valence electrons. The van der Waals surface area contributed by atoms with Crippen LogP contribution in [0.1, 0.15) is 40.0 Å². The fourth-order valence-corrected chi connectivity index (χ4v) is 2.15. The Morgan fingerprint density at radius 3 is 2.73 bits per heavy atom. The van der Waals surface area contributed by atoms with Gasteiger partial charge in [-0.1, -0.05) is 31.1 Å². The summed E-state index contributed by atoms with van der Waals surface area (Å²) in [6.07, 6.45) is 0.263. The van der Waals surface area contributed by atoms with Gasteiger partial charge in [-0.15, -0.1) is 0 Å². The number of carbonyl (C=O) groups is 1. The highest BCUT2D eigenvalue weighted by molar-refractivity contribution is 5.74. The van der Waals surface area contributed by atoms with Gasteiger partial charge >= 0.3 is 5.97 Å². The molecule has 2 aromatic rings. The Morgan fingerprint density at radius 1 is 1.23 bits per heavy atom. The maximum Gasteiger partial charge on any atom is 0.335 e. The zero-order chi connectivity index (χ0) is 18.9. The second-order valence-corrected chi connectivity index (χ2v) is 6.24. The van der Waals surface area contributed by atoms with Crippen molar-refractivity contribution < 1.29 is 23.5 Å². The van der Waals surface area contributed by atoms with Gasteiger partial charge in [0.15, 0.2) is 12.7 Å². The van der Waals surface area contributed by atoms with Crippen LogP contribution in [-0.2, 0) is 20.9 Å². The van der Waals surface area contributed by atoms with Crippen LogP contribution in [0.4, 0.5) is 0 Å². The normalized spacial score (nSPS) is 12.2. The summed E-state index contributed by atoms with van der Waals surface area (Å²) >= 11 is 0. The fourth-order valence-electron chi connectivity index (χ4n) is 2.15. The molecule has 26 heavy (non-hydrogen) atoms. The number of ether oxygens (including phenoxy) is 3. The summed E-state index contributed by atoms with van der Waals surface area (Å²) in [6, 6.07) is 7.42. The van der Waals surface area contributed by atoms with Crippen molar-refractivity contribution in [2.75, 3.05) is 13.2 Å². The van der Waals surface area contributed by atoms with Crippen molar-refractivity contribution in [2.24, 2.45) is 5.92 Å². The number of hydrogen-bond donors (Lipinski definition) is 0. The van der Waals surface area contributed by atoms with Gasteiger partial charge in [0.25, 0.3) is 5.89 Å². The first-order valence-corrected chi connectivity index (χ1v) is 8.84. The Bertz CT molecular complexity index is 699. The molecule has 1 unspecified atom stereocenters. The smallest absolute Gasteiger partial charge is 0.335 e. The molecule has 0 amide bonds. The molecule has 0 radical (unpaired) electrons. The van der Waals surface area contributed by atoms with E-state index in [-0.39, 0.29) is 12.5 Å². The number of hydrogen-bond acceptors (Lipinski definition) is 7. The van der Waals surface area contributed by atoms with E-state index in [0.29, 0.717) is 30.7 Å². The average molecular weight is 362 g/mol. The second-order valence-electron chi connectivity index (χ2n) is 6.24. The van der Waals surface area contributed by atoms with Gasteiger partial charge < -0.3 is 18.7 Å². The number of aromatic nitrogens is 2. The SMILES string of the molecule is CCOc1ccccc1-c1noc(COC(=O)C(C)OCCC(C)C)n1. The predicted molar refractivity (Wildman–Crippen MR) is 95.6 cm³/mol. The molecule has 1 aromatic heterocycles. The van der Waals surface area contributed by atoms with Gasteiger partial charge in [-0.2, -0.15) is 4.98 Å². The topological polar surface area (TPSA) is 83.7 Å². The molecular weight excluding hydrogens is 336 g/mol. The number of nitrogens with zero attached hydrogens (tertiary/aromatic N) is 2. The summed E-state index contributed by atoms with van der Waals surface area (Å²) in [5, 5.41) is 3.93. The highest BCUT2D eigenvalue weighted by Gasteiger charge is 2.18. The van der Waals surface area contributed by atoms with E-state index in [1.807, 2.05) is 31.2 Å². The maximum atomic E-state index is 12.0. The molecule has 2 rings (SSSR count). The van der Waals surface area contributed by atoms with Gasteiger partial charge in [-0.25, -0.2) is 4.79 Å². The van der Waals surface area contributed by atoms with Crippen molar-refractivity contribution >= 4 is 5.97 Å². The van der Waals surface area contributed by atoms with Gasteiger partial charge in [0, 0.05) is 6.61 Å². The number of benzene rings is 1. The number of para-hydroxylation sites is 1. The van der Waals surface area contributed by atoms with Crippen LogP contribution in [-0.4, -0.2) is 35.4 Å². The van der Waals surface area contributed by atoms with Crippen LogP contribution in [0.25, 0.3) is 11.4 Å². The van der Waals surface area contributed by atoms with Crippen LogP contribution in [0, 0.1) is 5.92 Å². The van der Waals surface area contributed by atoms with Gasteiger partial charge in [-0.05, 0) is 38.3 Å². The molecule has 0 saturated heterocycles. The van der Waals surface area contributed by atoms with Gasteiger partial charge in [0.2, 0.25) is 5.82 Å². The van der Waals surface area contributed by atoms with Crippen molar-refractivity contribution in [3.63, 3.8) is 0 Å². The largest absolute Gasteiger partial charge is 0.493 e. The quantitative estimate of drug-likeness (QED) is 0.597. The Morgan fingerprint density at radius 2 is 2.00 bits per heavy atom. The highest BCUT2D eigenvalue weighted by atomic mass is 16.6. The average Bonchev–Trinajstić information content (AvgIpc) is 3.09. The van der Waals surface area contributed by atoms with E-state index in [4.69, 9.17) is 18.7 Å². The third-order valence-corrected chi connectivity index (χ3v) is 3.63. The van der Waals surface area contributed by atoms with E-state index >= 15 is 0 Å². The molecule has 7 nitrogen and oxygen atoms in total. The van der Waals surface area contributed by atoms with E-state index in [2.05, 4.69) is 24.0 Å². The van der Waals surface area contributed by atoms with Gasteiger partial charge in [0.05, 0.1) is 12.2 Å². The van der Waals surface area contributed by atoms with E-state index in [9.17, 15) is 4.79 Å². The molecule has 0 spiro atoms. The molecule has 0 aliphatic rings. The Hall–Kier alpha value is -2.41. The fraction of sp³-hybridized carbons (Fsp3) is 0.526. The van der Waals surface area contributed by atoms with E-state index in [1.165, 1.54) is 0 Å². The summed E-state index contributed by atoms with van der Waals surface area (Å²) in [4.78, 5) is 16.2. The summed E-state index contributed by atoms with van der Waals surface area (Å²) < 4.78 is 21.4. The van der Waals surface area contributed by atoms with Crippen LogP contribution < -0.4 is 4.74 Å². The first-order valence-electron chi connectivity index (χ1n) is 8.84. The molecule has 1 heterocycles. The minimum absolute atomic E-state index is 0.0967. The van der Waals surface area contributed by atoms with Crippen LogP contribution in [0.15, 0.2) is 28.8 Å². The molecule has 1 aromatic carbocycles. The minimum atomic E-state index is -0.630. The maximum absolute atomic E-state index is 12.0. The number of esters is 1. The van der Waals surface area contributed by atoms with Crippen molar-refractivity contribution in [1.29, 1.82) is 0 Å². The first-order chi connectivity index (χ1) is 12.5. The molecule has 0 aliphatic carbocycles. The zero-order valence-corrected chi connectivity index (χ0v) is 15.7. The zero-order valence-electron chi connectivity index (χ0n) is 15.7. The van der Waals surface area contributed by atoms with Gasteiger partial charge in [-0.3, -0.25) is 0 Å². The van der Waals surface area contributed by atoms with Gasteiger partial charge in [0.1, 0.15) is 5.75 Å². The molecular formula is C19H26N2O5. The molecule has 0 saturated carbocycles. The highest BCUT2D eigenvalue weighted by Crippen LogP contribution is 2.27. The molecule has 7 heteroatoms. The number of rotatable bonds is 10. The third-order valence-electron chi connectivity index (χ3n) is 3.63. The molecule has 1 atom stereocenters. The molecule has 0 N–H and O–H groups in total. The van der Waals surface area contributed by atoms with Crippen LogP contribution in [0.3, 0.4) is 0 Å². The molecule has 0 fully saturated rings. The summed E-state index contributed by atoms with van der Waals surface area (Å²) in [5.74, 6) is 1.35. The van der Waals surface area contributed by atoms with E-state index < -0.39 is 12.1 Å². The minimum Gasteiger partial charge on any atom is -0.493 e. The predicted octanol–water partition coefficient (Wildman–Crippen LogP) is 3.63. The monoisotopic (exact) mass is 362 g/mol. The first kappa shape index (κ1) is 19.9. The van der Waals surface area contributed by atoms with Crippen LogP contribution in [0.2, 0.25) is 0 Å². The Labute approximate surface area is 153 Å². The lowest BCUT2D eigenvalue weighted by atomic mass is 10.1. The second kappa shape index (κ2) is 9.91. The van der Waals surface area contributed by atoms with E-state index in [0.717, 1.165) is 12.0 Å². The Balaban J connectivity index is 1.89. The lowest BCUT2D eigenvalue weighted by molar-refractivity contribution is -0.158. The lowest BCUT2D eigenvalue weighted by Gasteiger charge is -2.12. The summed E-state index contributed by atoms with van der Waals surface area (Å²) in [6.45, 7) is 8.73. The molecule has 0 aliphatic heterocycles. The standard InChI is InChI=1S/C19H26N2O5/c1-5-23-16-9-7-6-8-15(16)18-20-17(26-21-18)12-25-19(22)14(4)24-11-10-13(2)3/h6-9,13-14H,5,10-12H2,1-4H3. The van der Waals surface area contributed by atoms with Crippen molar-refractivity contribution in [1.82, 2.24) is 10.1 Å². The number of carbonyl (C=O) groups excluding carboxylic acids is 1. The van der Waals surface area contributed by atoms with E-state index in [1.54, 1.807) is 6.92 Å². The van der Waals surface area contributed by atoms with Crippen molar-refractivity contribution in [3.05, 3.63) is 30.2 Å². The van der Waals surface area contributed by atoms with Crippen LogP contribution >= 0.6 is 0 Å². The summed E-state index contributed by atoms with van der Waals surface area (Å²) in [5.41, 5.74) is 0.723. The Kier molecular flexibility index (Phi) is 7.59.